The second-order valence-electron chi connectivity index (χ2n) is 3.74. The molecule has 90 valence electrons. The van der Waals surface area contributed by atoms with Crippen molar-refractivity contribution in [3.63, 3.8) is 0 Å². The van der Waals surface area contributed by atoms with Crippen LogP contribution >= 0.6 is 38.9 Å². The van der Waals surface area contributed by atoms with Crippen molar-refractivity contribution in [3.05, 3.63) is 44.0 Å². The molecule has 1 aromatic heterocycles. The Morgan fingerprint density at radius 3 is 2.71 bits per heavy atom. The number of nitrogen functional groups attached to an aromatic ring is 1. The zero-order valence-corrected chi connectivity index (χ0v) is 12.4. The highest BCUT2D eigenvalue weighted by Crippen LogP contribution is 2.31. The molecule has 0 spiro atoms. The number of hydrogen-bond acceptors (Lipinski definition) is 3. The lowest BCUT2D eigenvalue weighted by Gasteiger charge is -2.15. The van der Waals surface area contributed by atoms with Crippen molar-refractivity contribution < 1.29 is 0 Å². The van der Waals surface area contributed by atoms with Crippen molar-refractivity contribution in [3.8, 4) is 0 Å². The normalized spacial score (nSPS) is 12.4. The van der Waals surface area contributed by atoms with Gasteiger partial charge in [0.05, 0.1) is 21.8 Å². The number of benzene rings is 1. The lowest BCUT2D eigenvalue weighted by molar-refractivity contribution is 0.909. The summed E-state index contributed by atoms with van der Waals surface area (Å²) in [6, 6.07) is 9.94. The zero-order chi connectivity index (χ0) is 12.4. The summed E-state index contributed by atoms with van der Waals surface area (Å²) in [5, 5.41) is 3.37. The van der Waals surface area contributed by atoms with Gasteiger partial charge in [0.1, 0.15) is 0 Å². The van der Waals surface area contributed by atoms with Crippen LogP contribution in [0.1, 0.15) is 17.8 Å². The van der Waals surface area contributed by atoms with Gasteiger partial charge in [-0.1, -0.05) is 27.5 Å². The molecular formula is C12H12BrClN2S. The molecule has 0 fully saturated rings. The van der Waals surface area contributed by atoms with E-state index in [0.29, 0.717) is 0 Å². The highest BCUT2D eigenvalue weighted by Gasteiger charge is 2.09. The van der Waals surface area contributed by atoms with E-state index in [4.69, 9.17) is 17.3 Å². The van der Waals surface area contributed by atoms with Crippen LogP contribution in [0.25, 0.3) is 0 Å². The summed E-state index contributed by atoms with van der Waals surface area (Å²) in [6.07, 6.45) is 0. The van der Waals surface area contributed by atoms with Crippen molar-refractivity contribution in [2.75, 3.05) is 11.1 Å². The minimum absolute atomic E-state index is 0.191. The molecule has 0 aliphatic heterocycles. The molecule has 1 atom stereocenters. The first-order chi connectivity index (χ1) is 8.06. The number of rotatable bonds is 3. The summed E-state index contributed by atoms with van der Waals surface area (Å²) in [4.78, 5) is 1.19. The molecule has 1 heterocycles. The molecule has 1 aromatic carbocycles. The van der Waals surface area contributed by atoms with Crippen molar-refractivity contribution in [2.24, 2.45) is 0 Å². The maximum Gasteiger partial charge on any atom is 0.0932 e. The highest BCUT2D eigenvalue weighted by atomic mass is 79.9. The standard InChI is InChI=1S/C12H12BrClN2S/c1-7(11-4-5-12(14)17-11)16-10-3-2-8(13)6-9(10)15/h2-7,16H,15H2,1H3. The second kappa shape index (κ2) is 5.29. The molecule has 2 rings (SSSR count). The number of hydrogen-bond donors (Lipinski definition) is 2. The first-order valence-corrected chi connectivity index (χ1v) is 7.12. The minimum atomic E-state index is 0.191. The van der Waals surface area contributed by atoms with Crippen molar-refractivity contribution >= 4 is 50.2 Å². The van der Waals surface area contributed by atoms with Crippen LogP contribution in [0.4, 0.5) is 11.4 Å². The molecule has 0 aliphatic rings. The maximum atomic E-state index is 5.94. The first-order valence-electron chi connectivity index (χ1n) is 5.13. The Morgan fingerprint density at radius 2 is 2.12 bits per heavy atom. The van der Waals surface area contributed by atoms with Gasteiger partial charge in [-0.3, -0.25) is 0 Å². The van der Waals surface area contributed by atoms with Crippen molar-refractivity contribution in [1.82, 2.24) is 0 Å². The second-order valence-corrected chi connectivity index (χ2v) is 6.40. The molecule has 3 N–H and O–H groups in total. The van der Waals surface area contributed by atoms with Crippen LogP contribution in [0.15, 0.2) is 34.8 Å². The van der Waals surface area contributed by atoms with Crippen LogP contribution in [0, 0.1) is 0 Å². The van der Waals surface area contributed by atoms with Gasteiger partial charge in [-0.25, -0.2) is 0 Å². The van der Waals surface area contributed by atoms with Crippen LogP contribution in [0.5, 0.6) is 0 Å². The minimum Gasteiger partial charge on any atom is -0.397 e. The smallest absolute Gasteiger partial charge is 0.0932 e. The molecule has 17 heavy (non-hydrogen) atoms. The molecule has 1 unspecified atom stereocenters. The van der Waals surface area contributed by atoms with E-state index < -0.39 is 0 Å². The Hall–Kier alpha value is -0.710. The summed E-state index contributed by atoms with van der Waals surface area (Å²) in [5.74, 6) is 0. The summed E-state index contributed by atoms with van der Waals surface area (Å²) in [7, 11) is 0. The van der Waals surface area contributed by atoms with Gasteiger partial charge in [0.15, 0.2) is 0 Å². The molecule has 2 aromatic rings. The number of thiophene rings is 1. The molecule has 2 nitrogen and oxygen atoms in total. The first kappa shape index (κ1) is 12.7. The third-order valence-corrected chi connectivity index (χ3v) is 4.31. The molecule has 0 radical (unpaired) electrons. The largest absolute Gasteiger partial charge is 0.397 e. The van der Waals surface area contributed by atoms with Gasteiger partial charge in [-0.05, 0) is 37.3 Å². The van der Waals surface area contributed by atoms with Crippen LogP contribution in [-0.2, 0) is 0 Å². The van der Waals surface area contributed by atoms with Gasteiger partial charge in [-0.2, -0.15) is 0 Å². The summed E-state index contributed by atoms with van der Waals surface area (Å²) in [6.45, 7) is 2.09. The lowest BCUT2D eigenvalue weighted by atomic mass is 10.2. The molecule has 0 amide bonds. The van der Waals surface area contributed by atoms with Crippen LogP contribution < -0.4 is 11.1 Å². The molecule has 5 heteroatoms. The Morgan fingerprint density at radius 1 is 1.35 bits per heavy atom. The van der Waals surface area contributed by atoms with E-state index in [0.717, 1.165) is 20.2 Å². The van der Waals surface area contributed by atoms with Gasteiger partial charge < -0.3 is 11.1 Å². The predicted octanol–water partition coefficient (Wildman–Crippen LogP) is 4.92. The van der Waals surface area contributed by atoms with Crippen LogP contribution in [-0.4, -0.2) is 0 Å². The molecule has 0 saturated heterocycles. The summed E-state index contributed by atoms with van der Waals surface area (Å²) in [5.41, 5.74) is 7.60. The van der Waals surface area contributed by atoms with E-state index in [9.17, 15) is 0 Å². The van der Waals surface area contributed by atoms with Gasteiger partial charge >= 0.3 is 0 Å². The van der Waals surface area contributed by atoms with E-state index >= 15 is 0 Å². The van der Waals surface area contributed by atoms with Gasteiger partial charge in [0.25, 0.3) is 0 Å². The lowest BCUT2D eigenvalue weighted by Crippen LogP contribution is -2.06. The quantitative estimate of drug-likeness (QED) is 0.783. The van der Waals surface area contributed by atoms with E-state index in [1.165, 1.54) is 4.88 Å². The number of nitrogens with one attached hydrogen (secondary N) is 1. The van der Waals surface area contributed by atoms with E-state index in [2.05, 4.69) is 28.2 Å². The third-order valence-electron chi connectivity index (χ3n) is 2.41. The van der Waals surface area contributed by atoms with Crippen molar-refractivity contribution in [2.45, 2.75) is 13.0 Å². The summed E-state index contributed by atoms with van der Waals surface area (Å²) < 4.78 is 1.78. The molecule has 0 saturated carbocycles. The Labute approximate surface area is 118 Å². The molecular weight excluding hydrogens is 320 g/mol. The SMILES string of the molecule is CC(Nc1ccc(Br)cc1N)c1ccc(Cl)s1. The van der Waals surface area contributed by atoms with Crippen molar-refractivity contribution in [1.29, 1.82) is 0 Å². The Bertz CT molecular complexity index is 527. The van der Waals surface area contributed by atoms with Gasteiger partial charge in [-0.15, -0.1) is 11.3 Å². The van der Waals surface area contributed by atoms with Gasteiger partial charge in [0.2, 0.25) is 0 Å². The number of halogens is 2. The van der Waals surface area contributed by atoms with E-state index in [1.807, 2.05) is 30.3 Å². The van der Waals surface area contributed by atoms with Gasteiger partial charge in [0, 0.05) is 9.35 Å². The fourth-order valence-corrected chi connectivity index (χ4v) is 2.97. The highest BCUT2D eigenvalue weighted by molar-refractivity contribution is 9.10. The zero-order valence-electron chi connectivity index (χ0n) is 9.21. The van der Waals surface area contributed by atoms with Crippen LogP contribution in [0.2, 0.25) is 4.34 Å². The monoisotopic (exact) mass is 330 g/mol. The average Bonchev–Trinajstić information content (AvgIpc) is 2.69. The maximum absolute atomic E-state index is 5.94. The summed E-state index contributed by atoms with van der Waals surface area (Å²) >= 11 is 10.9. The van der Waals surface area contributed by atoms with E-state index in [1.54, 1.807) is 11.3 Å². The number of anilines is 2. The predicted molar refractivity (Wildman–Crippen MR) is 79.9 cm³/mol. The molecule has 0 bridgehead atoms. The molecule has 0 aliphatic carbocycles. The Balaban J connectivity index is 2.15. The van der Waals surface area contributed by atoms with Crippen LogP contribution in [0.3, 0.4) is 0 Å². The average molecular weight is 332 g/mol. The third kappa shape index (κ3) is 3.15. The van der Waals surface area contributed by atoms with E-state index in [-0.39, 0.29) is 6.04 Å². The Kier molecular flexibility index (Phi) is 3.97. The number of nitrogens with two attached hydrogens (primary N) is 1. The fraction of sp³-hybridized carbons (Fsp3) is 0.167. The fourth-order valence-electron chi connectivity index (χ4n) is 1.53. The topological polar surface area (TPSA) is 38.0 Å².